The lowest BCUT2D eigenvalue weighted by Crippen LogP contribution is -2.00. The molecule has 0 radical (unpaired) electrons. The number of aromatic carboxylic acids is 1. The van der Waals surface area contributed by atoms with E-state index < -0.39 is 5.97 Å². The highest BCUT2D eigenvalue weighted by atomic mass is 16.5. The maximum atomic E-state index is 10.9. The van der Waals surface area contributed by atoms with E-state index >= 15 is 0 Å². The third-order valence-corrected chi connectivity index (χ3v) is 2.68. The molecule has 1 aromatic carbocycles. The minimum Gasteiger partial charge on any atom is -0.478 e. The molecule has 98 valence electrons. The molecule has 0 spiro atoms. The molecule has 0 bridgehead atoms. The van der Waals surface area contributed by atoms with E-state index in [0.29, 0.717) is 22.9 Å². The lowest BCUT2D eigenvalue weighted by Gasteiger charge is -2.09. The second kappa shape index (κ2) is 5.06. The van der Waals surface area contributed by atoms with Gasteiger partial charge in [0.05, 0.1) is 17.0 Å². The topological polar surface area (TPSA) is 72.3 Å². The summed E-state index contributed by atoms with van der Waals surface area (Å²) in [6.45, 7) is 5.36. The number of carboxylic acids is 1. The van der Waals surface area contributed by atoms with Crippen molar-refractivity contribution in [2.24, 2.45) is 0 Å². The van der Waals surface area contributed by atoms with E-state index in [1.807, 2.05) is 6.92 Å². The van der Waals surface area contributed by atoms with Gasteiger partial charge in [-0.2, -0.15) is 0 Å². The Labute approximate surface area is 110 Å². The van der Waals surface area contributed by atoms with Crippen LogP contribution >= 0.6 is 0 Å². The molecule has 5 heteroatoms. The fraction of sp³-hybridized carbons (Fsp3) is 0.214. The van der Waals surface area contributed by atoms with E-state index in [1.54, 1.807) is 32.2 Å². The van der Waals surface area contributed by atoms with Crippen LogP contribution in [-0.4, -0.2) is 21.0 Å². The fourth-order valence-electron chi connectivity index (χ4n) is 1.66. The van der Waals surface area contributed by atoms with Crippen LogP contribution in [0.3, 0.4) is 0 Å². The Morgan fingerprint density at radius 2 is 2.00 bits per heavy atom. The largest absolute Gasteiger partial charge is 0.478 e. The van der Waals surface area contributed by atoms with E-state index in [2.05, 4.69) is 9.97 Å². The number of aryl methyl sites for hydroxylation is 3. The summed E-state index contributed by atoms with van der Waals surface area (Å²) in [4.78, 5) is 19.3. The summed E-state index contributed by atoms with van der Waals surface area (Å²) < 4.78 is 5.64. The van der Waals surface area contributed by atoms with Crippen molar-refractivity contribution in [1.29, 1.82) is 0 Å². The minimum atomic E-state index is -0.949. The number of carboxylic acid groups (broad SMARTS) is 1. The maximum absolute atomic E-state index is 10.9. The summed E-state index contributed by atoms with van der Waals surface area (Å²) in [7, 11) is 0. The molecule has 5 nitrogen and oxygen atoms in total. The Balaban J connectivity index is 2.31. The molecule has 0 unspecified atom stereocenters. The monoisotopic (exact) mass is 258 g/mol. The molecule has 0 aliphatic rings. The lowest BCUT2D eigenvalue weighted by molar-refractivity contribution is 0.0696. The number of hydrogen-bond donors (Lipinski definition) is 1. The zero-order valence-electron chi connectivity index (χ0n) is 11.0. The molecule has 0 aliphatic carbocycles. The second-order valence-electron chi connectivity index (χ2n) is 4.29. The molecule has 19 heavy (non-hydrogen) atoms. The molecule has 1 heterocycles. The molecule has 0 aliphatic heterocycles. The van der Waals surface area contributed by atoms with Gasteiger partial charge < -0.3 is 9.84 Å². The Hall–Kier alpha value is -2.43. The van der Waals surface area contributed by atoms with Crippen molar-refractivity contribution in [1.82, 2.24) is 9.97 Å². The van der Waals surface area contributed by atoms with Crippen molar-refractivity contribution in [3.63, 3.8) is 0 Å². The van der Waals surface area contributed by atoms with Crippen molar-refractivity contribution >= 4 is 5.97 Å². The zero-order valence-corrected chi connectivity index (χ0v) is 11.0. The molecule has 2 aromatic rings. The maximum Gasteiger partial charge on any atom is 0.335 e. The standard InChI is InChI=1S/C14H14N2O3/c1-8-6-11(4-5-12(8)14(17)18)19-13-10(3)15-7-9(2)16-13/h4-7H,1-3H3,(H,17,18). The van der Waals surface area contributed by atoms with Gasteiger partial charge >= 0.3 is 5.97 Å². The van der Waals surface area contributed by atoms with Gasteiger partial charge in [0, 0.05) is 6.20 Å². The number of aromatic nitrogens is 2. The van der Waals surface area contributed by atoms with Crippen LogP contribution in [0.2, 0.25) is 0 Å². The quantitative estimate of drug-likeness (QED) is 0.916. The molecule has 2 rings (SSSR count). The van der Waals surface area contributed by atoms with Crippen molar-refractivity contribution in [2.75, 3.05) is 0 Å². The Bertz CT molecular complexity index is 639. The van der Waals surface area contributed by atoms with Crippen LogP contribution in [0.1, 0.15) is 27.3 Å². The first-order valence-electron chi connectivity index (χ1n) is 5.79. The van der Waals surface area contributed by atoms with Crippen molar-refractivity contribution in [3.8, 4) is 11.6 Å². The van der Waals surface area contributed by atoms with E-state index in [0.717, 1.165) is 5.69 Å². The zero-order chi connectivity index (χ0) is 14.0. The highest BCUT2D eigenvalue weighted by Gasteiger charge is 2.10. The summed E-state index contributed by atoms with van der Waals surface area (Å²) in [6.07, 6.45) is 1.67. The third-order valence-electron chi connectivity index (χ3n) is 2.68. The van der Waals surface area contributed by atoms with Crippen LogP contribution in [-0.2, 0) is 0 Å². The highest BCUT2D eigenvalue weighted by molar-refractivity contribution is 5.89. The van der Waals surface area contributed by atoms with Crippen LogP contribution in [0.4, 0.5) is 0 Å². The van der Waals surface area contributed by atoms with E-state index in [9.17, 15) is 4.79 Å². The van der Waals surface area contributed by atoms with Gasteiger partial charge in [-0.1, -0.05) is 0 Å². The summed E-state index contributed by atoms with van der Waals surface area (Å²) in [5.41, 5.74) is 2.35. The number of carbonyl (C=O) groups is 1. The molecule has 0 amide bonds. The van der Waals surface area contributed by atoms with Crippen LogP contribution in [0.5, 0.6) is 11.6 Å². The number of ether oxygens (including phenoxy) is 1. The number of nitrogens with zero attached hydrogens (tertiary/aromatic N) is 2. The van der Waals surface area contributed by atoms with Crippen LogP contribution < -0.4 is 4.74 Å². The van der Waals surface area contributed by atoms with Crippen molar-refractivity contribution in [2.45, 2.75) is 20.8 Å². The first-order valence-corrected chi connectivity index (χ1v) is 5.79. The molecule has 0 atom stereocenters. The molecule has 0 saturated heterocycles. The summed E-state index contributed by atoms with van der Waals surface area (Å²) in [5.74, 6) is 0.0311. The molecule has 0 fully saturated rings. The summed E-state index contributed by atoms with van der Waals surface area (Å²) >= 11 is 0. The van der Waals surface area contributed by atoms with Crippen molar-refractivity contribution in [3.05, 3.63) is 46.9 Å². The van der Waals surface area contributed by atoms with Crippen molar-refractivity contribution < 1.29 is 14.6 Å². The lowest BCUT2D eigenvalue weighted by atomic mass is 10.1. The van der Waals surface area contributed by atoms with Gasteiger partial charge in [0.2, 0.25) is 5.88 Å². The van der Waals surface area contributed by atoms with Crippen LogP contribution in [0.15, 0.2) is 24.4 Å². The summed E-state index contributed by atoms with van der Waals surface area (Å²) in [5, 5.41) is 8.96. The number of hydrogen-bond acceptors (Lipinski definition) is 4. The van der Waals surface area contributed by atoms with E-state index in [-0.39, 0.29) is 5.56 Å². The number of rotatable bonds is 3. The van der Waals surface area contributed by atoms with Gasteiger partial charge in [-0.05, 0) is 44.5 Å². The van der Waals surface area contributed by atoms with Gasteiger partial charge in [0.25, 0.3) is 0 Å². The highest BCUT2D eigenvalue weighted by Crippen LogP contribution is 2.24. The van der Waals surface area contributed by atoms with Gasteiger partial charge in [0.15, 0.2) is 0 Å². The van der Waals surface area contributed by atoms with Gasteiger partial charge in [-0.3, -0.25) is 4.98 Å². The normalized spacial score (nSPS) is 10.3. The van der Waals surface area contributed by atoms with Gasteiger partial charge in [0.1, 0.15) is 5.75 Å². The summed E-state index contributed by atoms with van der Waals surface area (Å²) in [6, 6.07) is 4.80. The second-order valence-corrected chi connectivity index (χ2v) is 4.29. The average molecular weight is 258 g/mol. The van der Waals surface area contributed by atoms with E-state index in [4.69, 9.17) is 9.84 Å². The minimum absolute atomic E-state index is 0.263. The number of benzene rings is 1. The first kappa shape index (κ1) is 13.0. The molecule has 1 N–H and O–H groups in total. The Morgan fingerprint density at radius 1 is 1.26 bits per heavy atom. The first-order chi connectivity index (χ1) is 8.97. The van der Waals surface area contributed by atoms with Gasteiger partial charge in [-0.15, -0.1) is 0 Å². The Kier molecular flexibility index (Phi) is 3.46. The predicted octanol–water partition coefficient (Wildman–Crippen LogP) is 2.89. The fourth-order valence-corrected chi connectivity index (χ4v) is 1.66. The van der Waals surface area contributed by atoms with Crippen LogP contribution in [0.25, 0.3) is 0 Å². The smallest absolute Gasteiger partial charge is 0.335 e. The molecular weight excluding hydrogens is 244 g/mol. The molecule has 1 aromatic heterocycles. The SMILES string of the molecule is Cc1cnc(C)c(Oc2ccc(C(=O)O)c(C)c2)n1. The molecular formula is C14H14N2O3. The van der Waals surface area contributed by atoms with Gasteiger partial charge in [-0.25, -0.2) is 9.78 Å². The molecule has 0 saturated carbocycles. The predicted molar refractivity (Wildman–Crippen MR) is 69.7 cm³/mol. The van der Waals surface area contributed by atoms with E-state index in [1.165, 1.54) is 6.07 Å². The average Bonchev–Trinajstić information content (AvgIpc) is 2.33. The Morgan fingerprint density at radius 3 is 2.63 bits per heavy atom. The third kappa shape index (κ3) is 2.88. The van der Waals surface area contributed by atoms with Crippen LogP contribution in [0, 0.1) is 20.8 Å².